The number of Topliss-reactive ketones (excluding diaryl/α,β-unsaturated/α-hetero) is 1. The van der Waals surface area contributed by atoms with Gasteiger partial charge in [0.1, 0.15) is 0 Å². The summed E-state index contributed by atoms with van der Waals surface area (Å²) in [5.41, 5.74) is 2.64. The molecule has 0 unspecified atom stereocenters. The van der Waals surface area contributed by atoms with Crippen molar-refractivity contribution in [3.63, 3.8) is 0 Å². The van der Waals surface area contributed by atoms with Crippen LogP contribution in [-0.2, 0) is 4.79 Å². The number of hydrogen-bond acceptors (Lipinski definition) is 3. The number of benzene rings is 1. The molecule has 0 bridgehead atoms. The molecular formula is C21H27N3O2. The predicted molar refractivity (Wildman–Crippen MR) is 102 cm³/mol. The van der Waals surface area contributed by atoms with E-state index in [1.165, 1.54) is 0 Å². The highest BCUT2D eigenvalue weighted by atomic mass is 16.2. The fourth-order valence-corrected chi connectivity index (χ4v) is 3.26. The monoisotopic (exact) mass is 353 g/mol. The Kier molecular flexibility index (Phi) is 5.25. The van der Waals surface area contributed by atoms with Crippen LogP contribution in [0.25, 0.3) is 5.69 Å². The van der Waals surface area contributed by atoms with Gasteiger partial charge in [-0.3, -0.25) is 9.59 Å². The smallest absolute Gasteiger partial charge is 0.295 e. The van der Waals surface area contributed by atoms with Gasteiger partial charge in [-0.15, -0.1) is 0 Å². The molecule has 0 saturated heterocycles. The maximum atomic E-state index is 13.0. The zero-order valence-electron chi connectivity index (χ0n) is 16.0. The van der Waals surface area contributed by atoms with Gasteiger partial charge in [0.05, 0.1) is 22.6 Å². The maximum absolute atomic E-state index is 13.0. The zero-order chi connectivity index (χ0) is 18.8. The van der Waals surface area contributed by atoms with E-state index >= 15 is 0 Å². The van der Waals surface area contributed by atoms with Gasteiger partial charge in [-0.25, -0.2) is 4.68 Å². The molecule has 5 nitrogen and oxygen atoms in total. The number of ketones is 1. The lowest BCUT2D eigenvalue weighted by Crippen LogP contribution is -2.39. The number of para-hydroxylation sites is 1. The van der Waals surface area contributed by atoms with E-state index in [0.717, 1.165) is 24.9 Å². The highest BCUT2D eigenvalue weighted by Crippen LogP contribution is 2.29. The molecule has 0 N–H and O–H groups in total. The molecule has 0 radical (unpaired) electrons. The first-order valence-electron chi connectivity index (χ1n) is 9.37. The van der Waals surface area contributed by atoms with Crippen LogP contribution in [0.15, 0.2) is 30.3 Å². The highest BCUT2D eigenvalue weighted by molar-refractivity contribution is 6.43. The summed E-state index contributed by atoms with van der Waals surface area (Å²) in [5.74, 6) is -0.312. The number of aromatic nitrogens is 2. The van der Waals surface area contributed by atoms with Crippen molar-refractivity contribution in [1.29, 1.82) is 0 Å². The lowest BCUT2D eigenvalue weighted by molar-refractivity contribution is -0.127. The van der Waals surface area contributed by atoms with Crippen LogP contribution in [0.3, 0.4) is 0 Å². The van der Waals surface area contributed by atoms with E-state index in [-0.39, 0.29) is 11.9 Å². The van der Waals surface area contributed by atoms with E-state index in [0.29, 0.717) is 29.4 Å². The molecule has 0 atom stereocenters. The van der Waals surface area contributed by atoms with Gasteiger partial charge >= 0.3 is 0 Å². The SMILES string of the molecule is Cc1nn(-c2ccccc2)c(C)c1C(=O)C(=O)N(CCC(C)C)C1CC1. The molecular weight excluding hydrogens is 326 g/mol. The Balaban J connectivity index is 1.87. The van der Waals surface area contributed by atoms with Crippen LogP contribution in [-0.4, -0.2) is 39.0 Å². The fraction of sp³-hybridized carbons (Fsp3) is 0.476. The van der Waals surface area contributed by atoms with E-state index in [9.17, 15) is 9.59 Å². The molecule has 1 aromatic carbocycles. The molecule has 1 aromatic heterocycles. The quantitative estimate of drug-likeness (QED) is 0.563. The molecule has 2 aromatic rings. The van der Waals surface area contributed by atoms with Crippen molar-refractivity contribution in [3.05, 3.63) is 47.3 Å². The molecule has 5 heteroatoms. The third-order valence-corrected chi connectivity index (χ3v) is 4.91. The summed E-state index contributed by atoms with van der Waals surface area (Å²) in [6.07, 6.45) is 2.91. The minimum Gasteiger partial charge on any atom is -0.333 e. The first-order valence-corrected chi connectivity index (χ1v) is 9.37. The lowest BCUT2D eigenvalue weighted by atomic mass is 10.1. The van der Waals surface area contributed by atoms with E-state index in [1.807, 2.05) is 37.3 Å². The molecule has 1 heterocycles. The Hall–Kier alpha value is -2.43. The largest absolute Gasteiger partial charge is 0.333 e. The predicted octanol–water partition coefficient (Wildman–Crippen LogP) is 3.71. The van der Waals surface area contributed by atoms with E-state index in [1.54, 1.807) is 16.5 Å². The number of carbonyl (C=O) groups is 2. The minimum absolute atomic E-state index is 0.231. The van der Waals surface area contributed by atoms with E-state index in [2.05, 4.69) is 18.9 Å². The maximum Gasteiger partial charge on any atom is 0.295 e. The van der Waals surface area contributed by atoms with E-state index < -0.39 is 5.78 Å². The number of rotatable bonds is 7. The molecule has 1 aliphatic rings. The Labute approximate surface area is 155 Å². The lowest BCUT2D eigenvalue weighted by Gasteiger charge is -2.22. The molecule has 1 amide bonds. The topological polar surface area (TPSA) is 55.2 Å². The fourth-order valence-electron chi connectivity index (χ4n) is 3.26. The van der Waals surface area contributed by atoms with Crippen molar-refractivity contribution < 1.29 is 9.59 Å². The van der Waals surface area contributed by atoms with Crippen LogP contribution >= 0.6 is 0 Å². The van der Waals surface area contributed by atoms with Gasteiger partial charge in [0, 0.05) is 12.6 Å². The number of aryl methyl sites for hydroxylation is 1. The average molecular weight is 353 g/mol. The summed E-state index contributed by atoms with van der Waals surface area (Å²) >= 11 is 0. The summed E-state index contributed by atoms with van der Waals surface area (Å²) in [4.78, 5) is 27.7. The molecule has 138 valence electrons. The Bertz CT molecular complexity index is 804. The minimum atomic E-state index is -0.433. The van der Waals surface area contributed by atoms with Crippen LogP contribution in [0.5, 0.6) is 0 Å². The van der Waals surface area contributed by atoms with Crippen molar-refractivity contribution in [3.8, 4) is 5.69 Å². The van der Waals surface area contributed by atoms with Gasteiger partial charge in [-0.05, 0) is 51.2 Å². The number of amides is 1. The normalized spacial score (nSPS) is 13.9. The molecule has 1 aliphatic carbocycles. The van der Waals surface area contributed by atoms with Gasteiger partial charge in [0.15, 0.2) is 0 Å². The molecule has 3 rings (SSSR count). The summed E-state index contributed by atoms with van der Waals surface area (Å²) < 4.78 is 1.74. The Morgan fingerprint density at radius 3 is 2.42 bits per heavy atom. The van der Waals surface area contributed by atoms with Gasteiger partial charge in [0.25, 0.3) is 11.7 Å². The van der Waals surface area contributed by atoms with Crippen molar-refractivity contribution in [1.82, 2.24) is 14.7 Å². The summed E-state index contributed by atoms with van der Waals surface area (Å²) in [7, 11) is 0. The summed E-state index contributed by atoms with van der Waals surface area (Å²) in [6.45, 7) is 8.56. The highest BCUT2D eigenvalue weighted by Gasteiger charge is 2.37. The molecule has 0 aliphatic heterocycles. The van der Waals surface area contributed by atoms with Crippen LogP contribution in [0.1, 0.15) is 54.9 Å². The first kappa shape index (κ1) is 18.4. The van der Waals surface area contributed by atoms with Crippen LogP contribution in [0.4, 0.5) is 0 Å². The van der Waals surface area contributed by atoms with E-state index in [4.69, 9.17) is 0 Å². The third-order valence-electron chi connectivity index (χ3n) is 4.91. The molecule has 26 heavy (non-hydrogen) atoms. The first-order chi connectivity index (χ1) is 12.4. The van der Waals surface area contributed by atoms with Crippen LogP contribution < -0.4 is 0 Å². The number of carbonyl (C=O) groups excluding carboxylic acids is 2. The van der Waals surface area contributed by atoms with Crippen LogP contribution in [0, 0.1) is 19.8 Å². The molecule has 1 saturated carbocycles. The van der Waals surface area contributed by atoms with Gasteiger partial charge in [-0.2, -0.15) is 5.10 Å². The van der Waals surface area contributed by atoms with Crippen LogP contribution in [0.2, 0.25) is 0 Å². The standard InChI is InChI=1S/C21H27N3O2/c1-14(2)12-13-23(17-10-11-17)21(26)20(25)19-15(3)22-24(16(19)4)18-8-6-5-7-9-18/h5-9,14,17H,10-13H2,1-4H3. The van der Waals surface area contributed by atoms with Gasteiger partial charge in [-0.1, -0.05) is 32.0 Å². The summed E-state index contributed by atoms with van der Waals surface area (Å²) in [5, 5.41) is 4.50. The second-order valence-electron chi connectivity index (χ2n) is 7.53. The van der Waals surface area contributed by atoms with Crippen molar-refractivity contribution in [2.24, 2.45) is 5.92 Å². The van der Waals surface area contributed by atoms with Crippen molar-refractivity contribution in [2.75, 3.05) is 6.54 Å². The second kappa shape index (κ2) is 7.44. The third kappa shape index (κ3) is 3.71. The van der Waals surface area contributed by atoms with Gasteiger partial charge in [0.2, 0.25) is 0 Å². The zero-order valence-corrected chi connectivity index (χ0v) is 16.0. The molecule has 0 spiro atoms. The van der Waals surface area contributed by atoms with Crippen molar-refractivity contribution in [2.45, 2.75) is 53.0 Å². The Morgan fingerprint density at radius 2 is 1.85 bits per heavy atom. The number of hydrogen-bond donors (Lipinski definition) is 0. The molecule has 1 fully saturated rings. The Morgan fingerprint density at radius 1 is 1.19 bits per heavy atom. The summed E-state index contributed by atoms with van der Waals surface area (Å²) in [6, 6.07) is 9.91. The second-order valence-corrected chi connectivity index (χ2v) is 7.53. The average Bonchev–Trinajstić information content (AvgIpc) is 3.40. The van der Waals surface area contributed by atoms with Gasteiger partial charge < -0.3 is 4.90 Å². The van der Waals surface area contributed by atoms with Crippen molar-refractivity contribution >= 4 is 11.7 Å². The number of nitrogens with zero attached hydrogens (tertiary/aromatic N) is 3.